The lowest BCUT2D eigenvalue weighted by Gasteiger charge is -2.29. The third-order valence-corrected chi connectivity index (χ3v) is 5.39. The van der Waals surface area contributed by atoms with Gasteiger partial charge < -0.3 is 14.7 Å². The molecule has 1 aliphatic heterocycles. The first kappa shape index (κ1) is 16.3. The van der Waals surface area contributed by atoms with Crippen LogP contribution in [0.2, 0.25) is 0 Å². The molecule has 0 radical (unpaired) electrons. The summed E-state index contributed by atoms with van der Waals surface area (Å²) in [7, 11) is 1.94. The van der Waals surface area contributed by atoms with Gasteiger partial charge in [-0.3, -0.25) is 9.48 Å². The minimum atomic E-state index is 0.0396. The molecule has 7 heteroatoms. The van der Waals surface area contributed by atoms with Gasteiger partial charge in [0.25, 0.3) is 0 Å². The average molecular weight is 343 g/mol. The Bertz CT molecular complexity index is 776. The van der Waals surface area contributed by atoms with Crippen molar-refractivity contribution in [3.63, 3.8) is 0 Å². The largest absolute Gasteiger partial charge is 0.361 e. The third-order valence-electron chi connectivity index (χ3n) is 5.39. The number of hydrogen-bond acceptors (Lipinski definition) is 5. The number of nitrogens with zero attached hydrogens (tertiary/aromatic N) is 4. The van der Waals surface area contributed by atoms with Gasteiger partial charge in [-0.05, 0) is 25.8 Å². The molecule has 0 aromatic carbocycles. The van der Waals surface area contributed by atoms with Gasteiger partial charge in [0.15, 0.2) is 0 Å². The van der Waals surface area contributed by atoms with Gasteiger partial charge in [-0.15, -0.1) is 0 Å². The molecule has 2 atom stereocenters. The first-order valence-corrected chi connectivity index (χ1v) is 9.06. The van der Waals surface area contributed by atoms with Crippen LogP contribution < -0.4 is 5.32 Å². The second-order valence-electron chi connectivity index (χ2n) is 7.07. The summed E-state index contributed by atoms with van der Waals surface area (Å²) in [6, 6.07) is 2.53. The molecule has 0 unspecified atom stereocenters. The van der Waals surface area contributed by atoms with Crippen LogP contribution in [0, 0.1) is 6.92 Å². The standard InChI is InChI=1S/C18H25N5O2/c1-4-16-13(11(2)21-25-16)10-19-14-9-17(24)23(12-5-6-12)18(14)15-7-8-20-22(15)3/h7-8,12,14,18-19H,4-6,9-10H2,1-3H3/t14-,18-/m1/s1. The van der Waals surface area contributed by atoms with Crippen molar-refractivity contribution in [1.82, 2.24) is 25.2 Å². The van der Waals surface area contributed by atoms with Gasteiger partial charge in [0.05, 0.1) is 17.4 Å². The van der Waals surface area contributed by atoms with E-state index < -0.39 is 0 Å². The monoisotopic (exact) mass is 343 g/mol. The second kappa shape index (κ2) is 6.29. The van der Waals surface area contributed by atoms with Crippen LogP contribution in [0.25, 0.3) is 0 Å². The highest BCUT2D eigenvalue weighted by Gasteiger charge is 2.48. The molecule has 1 saturated carbocycles. The van der Waals surface area contributed by atoms with Gasteiger partial charge in [-0.1, -0.05) is 12.1 Å². The second-order valence-corrected chi connectivity index (χ2v) is 7.07. The molecule has 2 aliphatic rings. The summed E-state index contributed by atoms with van der Waals surface area (Å²) in [5, 5.41) is 12.0. The van der Waals surface area contributed by atoms with Crippen molar-refractivity contribution >= 4 is 5.91 Å². The fourth-order valence-electron chi connectivity index (χ4n) is 3.92. The number of hydrogen-bond donors (Lipinski definition) is 1. The van der Waals surface area contributed by atoms with Crippen molar-refractivity contribution in [2.45, 2.75) is 64.2 Å². The number of carbonyl (C=O) groups excluding carboxylic acids is 1. The molecule has 25 heavy (non-hydrogen) atoms. The summed E-state index contributed by atoms with van der Waals surface area (Å²) >= 11 is 0. The first-order valence-electron chi connectivity index (χ1n) is 9.06. The molecule has 4 rings (SSSR count). The number of nitrogens with one attached hydrogen (secondary N) is 1. The fourth-order valence-corrected chi connectivity index (χ4v) is 3.92. The van der Waals surface area contributed by atoms with Crippen molar-refractivity contribution in [3.05, 3.63) is 35.0 Å². The van der Waals surface area contributed by atoms with E-state index in [0.29, 0.717) is 19.0 Å². The van der Waals surface area contributed by atoms with Crippen LogP contribution >= 0.6 is 0 Å². The number of aromatic nitrogens is 3. The van der Waals surface area contributed by atoms with Crippen molar-refractivity contribution < 1.29 is 9.32 Å². The zero-order valence-electron chi connectivity index (χ0n) is 15.0. The van der Waals surface area contributed by atoms with Crippen LogP contribution in [-0.4, -0.2) is 37.8 Å². The number of amides is 1. The van der Waals surface area contributed by atoms with E-state index in [9.17, 15) is 4.79 Å². The van der Waals surface area contributed by atoms with E-state index >= 15 is 0 Å². The van der Waals surface area contributed by atoms with Crippen molar-refractivity contribution in [2.24, 2.45) is 7.05 Å². The van der Waals surface area contributed by atoms with Gasteiger partial charge >= 0.3 is 0 Å². The number of rotatable bonds is 6. The Hall–Kier alpha value is -2.15. The lowest BCUT2D eigenvalue weighted by Crippen LogP contribution is -2.38. The van der Waals surface area contributed by atoms with E-state index in [2.05, 4.69) is 27.4 Å². The summed E-state index contributed by atoms with van der Waals surface area (Å²) in [5.41, 5.74) is 3.13. The highest BCUT2D eigenvalue weighted by atomic mass is 16.5. The zero-order chi connectivity index (χ0) is 17.6. The number of carbonyl (C=O) groups is 1. The lowest BCUT2D eigenvalue weighted by atomic mass is 10.0. The van der Waals surface area contributed by atoms with Gasteiger partial charge in [0.1, 0.15) is 5.76 Å². The normalized spacial score (nSPS) is 23.6. The van der Waals surface area contributed by atoms with Gasteiger partial charge in [0, 0.05) is 50.3 Å². The van der Waals surface area contributed by atoms with E-state index in [1.54, 1.807) is 6.20 Å². The molecule has 2 aromatic rings. The average Bonchev–Trinajstić information content (AvgIpc) is 3.11. The summed E-state index contributed by atoms with van der Waals surface area (Å²) in [5.74, 6) is 1.16. The molecule has 1 saturated heterocycles. The van der Waals surface area contributed by atoms with Gasteiger partial charge in [0.2, 0.25) is 5.91 Å². The summed E-state index contributed by atoms with van der Waals surface area (Å²) in [4.78, 5) is 14.7. The third kappa shape index (κ3) is 2.86. The molecule has 0 spiro atoms. The molecule has 2 aromatic heterocycles. The summed E-state index contributed by atoms with van der Waals surface area (Å²) in [6.45, 7) is 4.70. The summed E-state index contributed by atoms with van der Waals surface area (Å²) in [6.07, 6.45) is 5.37. The highest BCUT2D eigenvalue weighted by molar-refractivity contribution is 5.81. The molecule has 1 aliphatic carbocycles. The number of aryl methyl sites for hydroxylation is 3. The van der Waals surface area contributed by atoms with Crippen molar-refractivity contribution in [3.8, 4) is 0 Å². The Labute approximate surface area is 147 Å². The van der Waals surface area contributed by atoms with Crippen LogP contribution in [0.5, 0.6) is 0 Å². The lowest BCUT2D eigenvalue weighted by molar-refractivity contribution is -0.129. The molecule has 1 N–H and O–H groups in total. The maximum absolute atomic E-state index is 12.7. The minimum absolute atomic E-state index is 0.0396. The molecule has 0 bridgehead atoms. The molecule has 2 fully saturated rings. The van der Waals surface area contributed by atoms with Crippen molar-refractivity contribution in [2.75, 3.05) is 0 Å². The summed E-state index contributed by atoms with van der Waals surface area (Å²) < 4.78 is 7.27. The van der Waals surface area contributed by atoms with Crippen LogP contribution in [0.3, 0.4) is 0 Å². The van der Waals surface area contributed by atoms with Crippen LogP contribution in [0.4, 0.5) is 0 Å². The molecule has 3 heterocycles. The topological polar surface area (TPSA) is 76.2 Å². The quantitative estimate of drug-likeness (QED) is 0.866. The Morgan fingerprint density at radius 1 is 1.40 bits per heavy atom. The van der Waals surface area contributed by atoms with Crippen molar-refractivity contribution in [1.29, 1.82) is 0 Å². The fraction of sp³-hybridized carbons (Fsp3) is 0.611. The molecular formula is C18H25N5O2. The molecule has 134 valence electrons. The molecular weight excluding hydrogens is 318 g/mol. The Balaban J connectivity index is 1.58. The maximum Gasteiger partial charge on any atom is 0.225 e. The van der Waals surface area contributed by atoms with E-state index in [4.69, 9.17) is 4.52 Å². The first-order chi connectivity index (χ1) is 12.1. The Morgan fingerprint density at radius 2 is 2.20 bits per heavy atom. The van der Waals surface area contributed by atoms with E-state index in [1.165, 1.54) is 0 Å². The minimum Gasteiger partial charge on any atom is -0.361 e. The van der Waals surface area contributed by atoms with E-state index in [-0.39, 0.29) is 18.0 Å². The van der Waals surface area contributed by atoms with E-state index in [1.807, 2.05) is 24.7 Å². The van der Waals surface area contributed by atoms with E-state index in [0.717, 1.165) is 42.0 Å². The predicted molar refractivity (Wildman–Crippen MR) is 91.7 cm³/mol. The SMILES string of the molecule is CCc1onc(C)c1CN[C@@H]1CC(=O)N(C2CC2)[C@H]1c1ccnn1C. The molecule has 1 amide bonds. The maximum atomic E-state index is 12.7. The zero-order valence-corrected chi connectivity index (χ0v) is 15.0. The van der Waals surface area contributed by atoms with Gasteiger partial charge in [-0.2, -0.15) is 5.10 Å². The predicted octanol–water partition coefficient (Wildman–Crippen LogP) is 1.87. The number of likely N-dealkylation sites (tertiary alicyclic amines) is 1. The molecule has 7 nitrogen and oxygen atoms in total. The smallest absolute Gasteiger partial charge is 0.225 e. The van der Waals surface area contributed by atoms with Crippen LogP contribution in [0.1, 0.15) is 54.9 Å². The Kier molecular flexibility index (Phi) is 4.11. The van der Waals surface area contributed by atoms with Gasteiger partial charge in [-0.25, -0.2) is 0 Å². The van der Waals surface area contributed by atoms with Crippen LogP contribution in [-0.2, 0) is 24.8 Å². The van der Waals surface area contributed by atoms with Crippen LogP contribution in [0.15, 0.2) is 16.8 Å². The Morgan fingerprint density at radius 3 is 2.84 bits per heavy atom. The highest BCUT2D eigenvalue weighted by Crippen LogP contribution is 2.41.